The summed E-state index contributed by atoms with van der Waals surface area (Å²) < 4.78 is 10.5. The van der Waals surface area contributed by atoms with E-state index in [-0.39, 0.29) is 5.38 Å². The molecule has 1 rings (SSSR count). The van der Waals surface area contributed by atoms with Crippen LogP contribution in [0.25, 0.3) is 0 Å². The zero-order valence-corrected chi connectivity index (χ0v) is 14.8. The third-order valence-corrected chi connectivity index (χ3v) is 4.43. The summed E-state index contributed by atoms with van der Waals surface area (Å²) in [6.45, 7) is 2.23. The van der Waals surface area contributed by atoms with Gasteiger partial charge in [0.2, 0.25) is 0 Å². The van der Waals surface area contributed by atoms with Crippen LogP contribution in [0.1, 0.15) is 62.8 Å². The Morgan fingerprint density at radius 3 is 2.14 bits per heavy atom. The number of hydrogen-bond donors (Lipinski definition) is 0. The number of halogens is 2. The highest BCUT2D eigenvalue weighted by Crippen LogP contribution is 2.39. The Kier molecular flexibility index (Phi) is 8.94. The Bertz CT molecular complexity index is 421. The number of methoxy groups -OCH3 is 2. The summed E-state index contributed by atoms with van der Waals surface area (Å²) in [5.74, 6) is 1.31. The maximum absolute atomic E-state index is 6.50. The highest BCUT2D eigenvalue weighted by atomic mass is 35.5. The van der Waals surface area contributed by atoms with E-state index in [9.17, 15) is 0 Å². The van der Waals surface area contributed by atoms with E-state index in [2.05, 4.69) is 6.92 Å². The summed E-state index contributed by atoms with van der Waals surface area (Å²) >= 11 is 12.8. The van der Waals surface area contributed by atoms with E-state index in [0.717, 1.165) is 18.4 Å². The fourth-order valence-electron chi connectivity index (χ4n) is 2.37. The molecule has 1 unspecified atom stereocenters. The zero-order chi connectivity index (χ0) is 15.7. The van der Waals surface area contributed by atoms with Crippen LogP contribution in [0.4, 0.5) is 0 Å². The van der Waals surface area contributed by atoms with Crippen LogP contribution in [0.2, 0.25) is 5.02 Å². The molecule has 0 spiro atoms. The molecule has 1 atom stereocenters. The zero-order valence-electron chi connectivity index (χ0n) is 13.3. The van der Waals surface area contributed by atoms with Crippen molar-refractivity contribution in [3.8, 4) is 11.5 Å². The first-order valence-electron chi connectivity index (χ1n) is 7.69. The van der Waals surface area contributed by atoms with Gasteiger partial charge < -0.3 is 9.47 Å². The smallest absolute Gasteiger partial charge is 0.162 e. The molecule has 0 aliphatic carbocycles. The highest BCUT2D eigenvalue weighted by molar-refractivity contribution is 6.33. The van der Waals surface area contributed by atoms with Crippen molar-refractivity contribution in [1.82, 2.24) is 0 Å². The summed E-state index contributed by atoms with van der Waals surface area (Å²) in [6.07, 6.45) is 8.50. The van der Waals surface area contributed by atoms with Gasteiger partial charge in [-0.3, -0.25) is 0 Å². The molecule has 0 aliphatic rings. The quantitative estimate of drug-likeness (QED) is 0.365. The average molecular weight is 333 g/mol. The third kappa shape index (κ3) is 5.96. The van der Waals surface area contributed by atoms with Crippen molar-refractivity contribution < 1.29 is 9.47 Å². The molecule has 0 saturated heterocycles. The maximum atomic E-state index is 6.50. The van der Waals surface area contributed by atoms with Gasteiger partial charge in [0.15, 0.2) is 11.5 Å². The van der Waals surface area contributed by atoms with Gasteiger partial charge >= 0.3 is 0 Å². The standard InChI is InChI=1S/C17H26Cl2O2/c1-4-5-6-7-8-9-10-14(18)13-11-16(20-2)17(21-3)12-15(13)19/h11-12,14H,4-10H2,1-3H3. The van der Waals surface area contributed by atoms with Crippen molar-refractivity contribution in [2.75, 3.05) is 14.2 Å². The molecule has 0 aliphatic heterocycles. The van der Waals surface area contributed by atoms with Crippen LogP contribution >= 0.6 is 23.2 Å². The number of ether oxygens (including phenoxy) is 2. The molecular weight excluding hydrogens is 307 g/mol. The summed E-state index contributed by atoms with van der Waals surface area (Å²) in [5, 5.41) is 0.558. The Balaban J connectivity index is 2.55. The van der Waals surface area contributed by atoms with Gasteiger partial charge in [-0.05, 0) is 18.1 Å². The molecule has 0 N–H and O–H groups in total. The topological polar surface area (TPSA) is 18.5 Å². The Morgan fingerprint density at radius 1 is 0.952 bits per heavy atom. The lowest BCUT2D eigenvalue weighted by atomic mass is 10.0. The lowest BCUT2D eigenvalue weighted by Crippen LogP contribution is -1.97. The van der Waals surface area contributed by atoms with Crippen molar-refractivity contribution in [3.63, 3.8) is 0 Å². The van der Waals surface area contributed by atoms with E-state index in [0.29, 0.717) is 16.5 Å². The second-order valence-corrected chi connectivity index (χ2v) is 6.19. The fraction of sp³-hybridized carbons (Fsp3) is 0.647. The van der Waals surface area contributed by atoms with Gasteiger partial charge in [0.05, 0.1) is 19.6 Å². The number of alkyl halides is 1. The minimum absolute atomic E-state index is 0.0801. The fourth-order valence-corrected chi connectivity index (χ4v) is 3.05. The minimum atomic E-state index is -0.0801. The van der Waals surface area contributed by atoms with Gasteiger partial charge in [-0.25, -0.2) is 0 Å². The number of rotatable bonds is 10. The summed E-state index contributed by atoms with van der Waals surface area (Å²) in [6, 6.07) is 3.66. The number of hydrogen-bond acceptors (Lipinski definition) is 2. The molecule has 21 heavy (non-hydrogen) atoms. The highest BCUT2D eigenvalue weighted by Gasteiger charge is 2.16. The van der Waals surface area contributed by atoms with E-state index >= 15 is 0 Å². The van der Waals surface area contributed by atoms with E-state index in [1.165, 1.54) is 32.1 Å². The SMILES string of the molecule is CCCCCCCCC(Cl)c1cc(OC)c(OC)cc1Cl. The molecular formula is C17H26Cl2O2. The first-order chi connectivity index (χ1) is 10.1. The van der Waals surface area contributed by atoms with Gasteiger partial charge in [-0.15, -0.1) is 11.6 Å². The Morgan fingerprint density at radius 2 is 1.52 bits per heavy atom. The second-order valence-electron chi connectivity index (χ2n) is 5.25. The molecule has 0 saturated carbocycles. The van der Waals surface area contributed by atoms with Crippen molar-refractivity contribution in [2.24, 2.45) is 0 Å². The first-order valence-corrected chi connectivity index (χ1v) is 8.51. The Labute approximate surface area is 138 Å². The molecule has 0 radical (unpaired) electrons. The van der Waals surface area contributed by atoms with E-state index in [4.69, 9.17) is 32.7 Å². The maximum Gasteiger partial charge on any atom is 0.162 e. The van der Waals surface area contributed by atoms with Crippen LogP contribution in [-0.2, 0) is 0 Å². The van der Waals surface area contributed by atoms with Gasteiger partial charge in [0.25, 0.3) is 0 Å². The third-order valence-electron chi connectivity index (χ3n) is 3.65. The molecule has 1 aromatic carbocycles. The predicted molar refractivity (Wildman–Crippen MR) is 91.1 cm³/mol. The largest absolute Gasteiger partial charge is 0.493 e. The average Bonchev–Trinajstić information content (AvgIpc) is 2.50. The van der Waals surface area contributed by atoms with Crippen molar-refractivity contribution in [1.29, 1.82) is 0 Å². The lowest BCUT2D eigenvalue weighted by molar-refractivity contribution is 0.354. The monoisotopic (exact) mass is 332 g/mol. The Hall–Kier alpha value is -0.600. The first kappa shape index (κ1) is 18.4. The molecule has 120 valence electrons. The summed E-state index contributed by atoms with van der Waals surface area (Å²) in [4.78, 5) is 0. The van der Waals surface area contributed by atoms with Gasteiger partial charge in [0, 0.05) is 11.1 Å². The molecule has 0 heterocycles. The molecule has 2 nitrogen and oxygen atoms in total. The van der Waals surface area contributed by atoms with E-state index in [1.807, 2.05) is 6.07 Å². The number of unbranched alkanes of at least 4 members (excludes halogenated alkanes) is 5. The number of benzene rings is 1. The minimum Gasteiger partial charge on any atom is -0.493 e. The van der Waals surface area contributed by atoms with Crippen LogP contribution in [-0.4, -0.2) is 14.2 Å². The van der Waals surface area contributed by atoms with Gasteiger partial charge in [0.1, 0.15) is 0 Å². The van der Waals surface area contributed by atoms with Crippen LogP contribution in [0.15, 0.2) is 12.1 Å². The van der Waals surface area contributed by atoms with Crippen molar-refractivity contribution in [2.45, 2.75) is 57.2 Å². The van der Waals surface area contributed by atoms with Gasteiger partial charge in [-0.2, -0.15) is 0 Å². The molecule has 0 fully saturated rings. The predicted octanol–water partition coefficient (Wildman–Crippen LogP) is 6.39. The summed E-state index contributed by atoms with van der Waals surface area (Å²) in [7, 11) is 3.22. The summed E-state index contributed by atoms with van der Waals surface area (Å²) in [5.41, 5.74) is 0.921. The van der Waals surface area contributed by atoms with Crippen LogP contribution < -0.4 is 9.47 Å². The van der Waals surface area contributed by atoms with Crippen LogP contribution in [0, 0.1) is 0 Å². The van der Waals surface area contributed by atoms with Crippen LogP contribution in [0.3, 0.4) is 0 Å². The van der Waals surface area contributed by atoms with Crippen molar-refractivity contribution in [3.05, 3.63) is 22.7 Å². The molecule has 1 aromatic rings. The molecule has 0 aromatic heterocycles. The molecule has 0 amide bonds. The molecule has 0 bridgehead atoms. The normalized spacial score (nSPS) is 12.2. The lowest BCUT2D eigenvalue weighted by Gasteiger charge is -2.15. The van der Waals surface area contributed by atoms with E-state index < -0.39 is 0 Å². The van der Waals surface area contributed by atoms with Crippen molar-refractivity contribution >= 4 is 23.2 Å². The van der Waals surface area contributed by atoms with E-state index in [1.54, 1.807) is 20.3 Å². The van der Waals surface area contributed by atoms with Gasteiger partial charge in [-0.1, -0.05) is 57.0 Å². The second kappa shape index (κ2) is 10.2. The van der Waals surface area contributed by atoms with Crippen LogP contribution in [0.5, 0.6) is 11.5 Å². The molecule has 4 heteroatoms.